The highest BCUT2D eigenvalue weighted by molar-refractivity contribution is 6.04. The summed E-state index contributed by atoms with van der Waals surface area (Å²) in [5.74, 6) is -4.08. The second kappa shape index (κ2) is 13.5. The average molecular weight is 571 g/mol. The molecule has 0 saturated heterocycles. The van der Waals surface area contributed by atoms with Crippen molar-refractivity contribution in [2.24, 2.45) is 5.92 Å². The number of fused-ring (bicyclic) bond motifs is 1. The standard InChI is InChI=1S/C29H46O11/c1-7-9-10-11-12-14-21(33)39-25-23-22(17(3)24(25)34)26(35)29(37,28(6,36)16-30)19(38-20(32)13-8-2)15-27(23,5)40-18(4)31/h19,23,25-26,30,35-37H,7-16H2,1-6H3/t19-,23+,25-,26-,27-,28+,29+/m0/s1. The number of esters is 3. The first-order valence-corrected chi connectivity index (χ1v) is 14.2. The van der Waals surface area contributed by atoms with Crippen LogP contribution >= 0.6 is 0 Å². The van der Waals surface area contributed by atoms with Crippen molar-refractivity contribution in [3.8, 4) is 0 Å². The molecule has 2 aliphatic rings. The number of unbranched alkanes of at least 4 members (excludes halogenated alkanes) is 4. The van der Waals surface area contributed by atoms with Crippen LogP contribution in [-0.2, 0) is 33.4 Å². The Bertz CT molecular complexity index is 986. The lowest BCUT2D eigenvalue weighted by Gasteiger charge is -2.47. The molecule has 40 heavy (non-hydrogen) atoms. The van der Waals surface area contributed by atoms with Crippen LogP contribution in [0.3, 0.4) is 0 Å². The predicted octanol–water partition coefficient (Wildman–Crippen LogP) is 2.05. The Morgan fingerprint density at radius 2 is 1.62 bits per heavy atom. The molecular weight excluding hydrogens is 524 g/mol. The van der Waals surface area contributed by atoms with Crippen LogP contribution in [0, 0.1) is 5.92 Å². The first-order valence-electron chi connectivity index (χ1n) is 14.2. The van der Waals surface area contributed by atoms with E-state index in [9.17, 15) is 39.6 Å². The predicted molar refractivity (Wildman–Crippen MR) is 143 cm³/mol. The van der Waals surface area contributed by atoms with E-state index >= 15 is 0 Å². The van der Waals surface area contributed by atoms with E-state index in [4.69, 9.17) is 14.2 Å². The Morgan fingerprint density at radius 1 is 1.02 bits per heavy atom. The highest BCUT2D eigenvalue weighted by atomic mass is 16.6. The third kappa shape index (κ3) is 6.75. The normalized spacial score (nSPS) is 31.7. The van der Waals surface area contributed by atoms with Gasteiger partial charge in [0.2, 0.25) is 0 Å². The molecule has 7 atom stereocenters. The van der Waals surface area contributed by atoms with E-state index in [1.807, 2.05) is 0 Å². The van der Waals surface area contributed by atoms with Gasteiger partial charge in [-0.15, -0.1) is 0 Å². The van der Waals surface area contributed by atoms with Gasteiger partial charge in [-0.3, -0.25) is 19.2 Å². The Labute approximate surface area is 235 Å². The van der Waals surface area contributed by atoms with E-state index in [2.05, 4.69) is 6.92 Å². The monoisotopic (exact) mass is 570 g/mol. The van der Waals surface area contributed by atoms with Gasteiger partial charge in [-0.25, -0.2) is 0 Å². The minimum Gasteiger partial charge on any atom is -0.459 e. The zero-order valence-electron chi connectivity index (χ0n) is 24.5. The maximum absolute atomic E-state index is 13.5. The van der Waals surface area contributed by atoms with Gasteiger partial charge in [0.15, 0.2) is 17.5 Å². The lowest BCUT2D eigenvalue weighted by Crippen LogP contribution is -2.68. The average Bonchev–Trinajstić information content (AvgIpc) is 3.08. The highest BCUT2D eigenvalue weighted by Gasteiger charge is 2.68. The van der Waals surface area contributed by atoms with Gasteiger partial charge in [-0.05, 0) is 44.8 Å². The number of ketones is 1. The number of ether oxygens (including phenoxy) is 3. The molecule has 0 aromatic rings. The van der Waals surface area contributed by atoms with Crippen molar-refractivity contribution >= 4 is 23.7 Å². The van der Waals surface area contributed by atoms with Crippen LogP contribution in [0.1, 0.15) is 99.3 Å². The van der Waals surface area contributed by atoms with E-state index in [1.54, 1.807) is 6.92 Å². The van der Waals surface area contributed by atoms with Crippen molar-refractivity contribution in [3.05, 3.63) is 11.1 Å². The van der Waals surface area contributed by atoms with Crippen LogP contribution in [0.15, 0.2) is 11.1 Å². The summed E-state index contributed by atoms with van der Waals surface area (Å²) >= 11 is 0. The lowest BCUT2D eigenvalue weighted by atomic mass is 9.73. The summed E-state index contributed by atoms with van der Waals surface area (Å²) < 4.78 is 16.9. The molecule has 0 unspecified atom stereocenters. The molecule has 4 N–H and O–H groups in total. The summed E-state index contributed by atoms with van der Waals surface area (Å²) in [6.45, 7) is 7.75. The summed E-state index contributed by atoms with van der Waals surface area (Å²) in [5.41, 5.74) is -7.10. The molecule has 0 aromatic heterocycles. The Kier molecular flexibility index (Phi) is 11.5. The molecule has 11 heteroatoms. The van der Waals surface area contributed by atoms with E-state index in [0.29, 0.717) is 12.8 Å². The van der Waals surface area contributed by atoms with Gasteiger partial charge in [0.05, 0.1) is 12.5 Å². The molecule has 11 nitrogen and oxygen atoms in total. The van der Waals surface area contributed by atoms with Crippen LogP contribution in [0.4, 0.5) is 0 Å². The maximum atomic E-state index is 13.5. The topological polar surface area (TPSA) is 177 Å². The van der Waals surface area contributed by atoms with Gasteiger partial charge in [-0.1, -0.05) is 39.5 Å². The lowest BCUT2D eigenvalue weighted by molar-refractivity contribution is -0.252. The quantitative estimate of drug-likeness (QED) is 0.145. The van der Waals surface area contributed by atoms with E-state index in [-0.39, 0.29) is 24.0 Å². The van der Waals surface area contributed by atoms with E-state index in [1.165, 1.54) is 13.8 Å². The highest BCUT2D eigenvalue weighted by Crippen LogP contribution is 2.53. The molecule has 0 bridgehead atoms. The summed E-state index contributed by atoms with van der Waals surface area (Å²) in [7, 11) is 0. The van der Waals surface area contributed by atoms with Crippen molar-refractivity contribution in [1.82, 2.24) is 0 Å². The number of carbonyl (C=O) groups is 4. The largest absolute Gasteiger partial charge is 0.459 e. The minimum atomic E-state index is -2.74. The Balaban J connectivity index is 2.63. The smallest absolute Gasteiger partial charge is 0.306 e. The van der Waals surface area contributed by atoms with Crippen molar-refractivity contribution in [1.29, 1.82) is 0 Å². The van der Waals surface area contributed by atoms with Crippen LogP contribution in [-0.4, -0.2) is 85.8 Å². The minimum absolute atomic E-state index is 0.0453. The van der Waals surface area contributed by atoms with E-state index in [0.717, 1.165) is 39.5 Å². The first-order chi connectivity index (χ1) is 18.6. The third-order valence-electron chi connectivity index (χ3n) is 8.17. The number of hydrogen-bond donors (Lipinski definition) is 4. The fourth-order valence-corrected chi connectivity index (χ4v) is 5.94. The molecule has 1 fully saturated rings. The molecule has 228 valence electrons. The fraction of sp³-hybridized carbons (Fsp3) is 0.793. The van der Waals surface area contributed by atoms with Gasteiger partial charge >= 0.3 is 17.9 Å². The van der Waals surface area contributed by atoms with Crippen LogP contribution < -0.4 is 0 Å². The van der Waals surface area contributed by atoms with Crippen LogP contribution in [0.5, 0.6) is 0 Å². The molecule has 2 rings (SSSR count). The molecule has 2 aliphatic carbocycles. The van der Waals surface area contributed by atoms with E-state index < -0.39 is 77.8 Å². The molecule has 1 saturated carbocycles. The number of Topliss-reactive ketones (excluding diaryl/α,β-unsaturated/α-hetero) is 1. The second-order valence-corrected chi connectivity index (χ2v) is 11.5. The SMILES string of the molecule is CCCCCCCC(=O)O[C@@H]1C(=O)C(C)=C2[C@H]1[C@@](C)(OC(C)=O)C[C@H](OC(=O)CCC)[C@](O)([C@](C)(O)CO)[C@H]2O. The van der Waals surface area contributed by atoms with Gasteiger partial charge in [-0.2, -0.15) is 0 Å². The van der Waals surface area contributed by atoms with Crippen molar-refractivity contribution in [2.45, 2.75) is 134 Å². The maximum Gasteiger partial charge on any atom is 0.306 e. The number of aliphatic hydroxyl groups excluding tert-OH is 2. The van der Waals surface area contributed by atoms with Gasteiger partial charge < -0.3 is 34.6 Å². The summed E-state index contributed by atoms with van der Waals surface area (Å²) in [6.07, 6.45) is -0.921. The first kappa shape index (κ1) is 33.9. The van der Waals surface area contributed by atoms with Gasteiger partial charge in [0, 0.05) is 26.2 Å². The Morgan fingerprint density at radius 3 is 2.17 bits per heavy atom. The third-order valence-corrected chi connectivity index (χ3v) is 8.17. The molecular formula is C29H46O11. The fourth-order valence-electron chi connectivity index (χ4n) is 5.94. The molecule has 0 aliphatic heterocycles. The van der Waals surface area contributed by atoms with Crippen LogP contribution in [0.25, 0.3) is 0 Å². The molecule has 0 radical (unpaired) electrons. The molecule has 0 heterocycles. The summed E-state index contributed by atoms with van der Waals surface area (Å²) in [6, 6.07) is 0. The number of hydrogen-bond acceptors (Lipinski definition) is 11. The summed E-state index contributed by atoms with van der Waals surface area (Å²) in [5, 5.41) is 44.8. The molecule has 0 aromatic carbocycles. The summed E-state index contributed by atoms with van der Waals surface area (Å²) in [4.78, 5) is 51.2. The molecule has 0 spiro atoms. The second-order valence-electron chi connectivity index (χ2n) is 11.5. The zero-order valence-corrected chi connectivity index (χ0v) is 24.5. The van der Waals surface area contributed by atoms with Crippen molar-refractivity contribution in [2.75, 3.05) is 6.61 Å². The van der Waals surface area contributed by atoms with Crippen molar-refractivity contribution < 1.29 is 53.8 Å². The van der Waals surface area contributed by atoms with Gasteiger partial charge in [0.25, 0.3) is 0 Å². The number of aliphatic hydroxyl groups is 4. The van der Waals surface area contributed by atoms with Gasteiger partial charge in [0.1, 0.15) is 23.4 Å². The number of rotatable bonds is 13. The van der Waals surface area contributed by atoms with Crippen molar-refractivity contribution in [3.63, 3.8) is 0 Å². The van der Waals surface area contributed by atoms with Crippen LogP contribution in [0.2, 0.25) is 0 Å². The zero-order chi connectivity index (χ0) is 30.5. The number of carbonyl (C=O) groups excluding carboxylic acids is 4. The molecule has 0 amide bonds. The Hall–Kier alpha value is -2.34.